The average molecular weight is 237 g/mol. The molecule has 0 radical (unpaired) electrons. The number of carbonyl (C=O) groups is 1. The minimum Gasteiger partial charge on any atom is -0.352 e. The quantitative estimate of drug-likeness (QED) is 0.806. The van der Waals surface area contributed by atoms with Gasteiger partial charge < -0.3 is 10.2 Å². The van der Waals surface area contributed by atoms with Gasteiger partial charge in [0.15, 0.2) is 0 Å². The molecule has 1 aliphatic heterocycles. The smallest absolute Gasteiger partial charge is 0.240 e. The zero-order valence-electron chi connectivity index (χ0n) is 11.1. The minimum absolute atomic E-state index is 0.0837. The molecular formula is C13H23N3O. The third-order valence-electron chi connectivity index (χ3n) is 3.91. The molecule has 1 rings (SSSR count). The van der Waals surface area contributed by atoms with E-state index in [0.29, 0.717) is 12.8 Å². The van der Waals surface area contributed by atoms with Crippen molar-refractivity contribution in [2.24, 2.45) is 5.41 Å². The Morgan fingerprint density at radius 3 is 2.35 bits per heavy atom. The van der Waals surface area contributed by atoms with Crippen molar-refractivity contribution in [3.05, 3.63) is 0 Å². The van der Waals surface area contributed by atoms with Crippen LogP contribution in [0.5, 0.6) is 0 Å². The summed E-state index contributed by atoms with van der Waals surface area (Å²) in [7, 11) is 2.09. The molecule has 1 N–H and O–H groups in total. The number of nitriles is 1. The fourth-order valence-corrected chi connectivity index (χ4v) is 2.26. The normalized spacial score (nSPS) is 18.7. The molecule has 1 heterocycles. The van der Waals surface area contributed by atoms with E-state index in [1.165, 1.54) is 0 Å². The summed E-state index contributed by atoms with van der Waals surface area (Å²) in [6.07, 6.45) is 3.13. The van der Waals surface area contributed by atoms with Crippen LogP contribution in [0.15, 0.2) is 0 Å². The summed E-state index contributed by atoms with van der Waals surface area (Å²) >= 11 is 0. The number of hydrogen-bond donors (Lipinski definition) is 1. The highest BCUT2D eigenvalue weighted by atomic mass is 16.2. The molecule has 1 amide bonds. The number of nitrogens with one attached hydrogen (secondary N) is 1. The van der Waals surface area contributed by atoms with E-state index in [1.54, 1.807) is 0 Å². The molecule has 0 atom stereocenters. The van der Waals surface area contributed by atoms with Gasteiger partial charge in [-0.25, -0.2) is 0 Å². The second kappa shape index (κ2) is 6.02. The number of nitrogens with zero attached hydrogens (tertiary/aromatic N) is 2. The monoisotopic (exact) mass is 237 g/mol. The lowest BCUT2D eigenvalue weighted by Gasteiger charge is -2.32. The van der Waals surface area contributed by atoms with Gasteiger partial charge in [-0.05, 0) is 45.8 Å². The molecule has 1 fully saturated rings. The van der Waals surface area contributed by atoms with Gasteiger partial charge in [-0.3, -0.25) is 4.79 Å². The Hall–Kier alpha value is -1.08. The van der Waals surface area contributed by atoms with Gasteiger partial charge in [-0.2, -0.15) is 5.26 Å². The fraction of sp³-hybridized carbons (Fsp3) is 0.846. The van der Waals surface area contributed by atoms with Crippen LogP contribution in [0, 0.1) is 16.7 Å². The lowest BCUT2D eigenvalue weighted by atomic mass is 9.82. The maximum absolute atomic E-state index is 12.2. The van der Waals surface area contributed by atoms with Crippen LogP contribution >= 0.6 is 0 Å². The van der Waals surface area contributed by atoms with E-state index in [0.717, 1.165) is 25.9 Å². The predicted molar refractivity (Wildman–Crippen MR) is 67.3 cm³/mol. The molecule has 4 heteroatoms. The lowest BCUT2D eigenvalue weighted by molar-refractivity contribution is -0.129. The van der Waals surface area contributed by atoms with E-state index in [2.05, 4.69) is 23.3 Å². The van der Waals surface area contributed by atoms with Crippen LogP contribution in [0.2, 0.25) is 0 Å². The van der Waals surface area contributed by atoms with E-state index in [1.807, 2.05) is 13.8 Å². The minimum atomic E-state index is -0.830. The van der Waals surface area contributed by atoms with Crippen molar-refractivity contribution in [2.45, 2.75) is 45.6 Å². The first-order valence-electron chi connectivity index (χ1n) is 6.48. The number of hydrogen-bond acceptors (Lipinski definition) is 3. The Kier molecular flexibility index (Phi) is 4.95. The predicted octanol–water partition coefficient (Wildman–Crippen LogP) is 1.53. The van der Waals surface area contributed by atoms with Crippen LogP contribution in [0.25, 0.3) is 0 Å². The summed E-state index contributed by atoms with van der Waals surface area (Å²) < 4.78 is 0. The molecule has 0 aromatic rings. The van der Waals surface area contributed by atoms with Crippen LogP contribution in [0.3, 0.4) is 0 Å². The Balaban J connectivity index is 2.56. The Morgan fingerprint density at radius 2 is 1.94 bits per heavy atom. The van der Waals surface area contributed by atoms with E-state index in [4.69, 9.17) is 0 Å². The van der Waals surface area contributed by atoms with Gasteiger partial charge in [-0.1, -0.05) is 13.8 Å². The van der Waals surface area contributed by atoms with Crippen LogP contribution in [0.1, 0.15) is 39.5 Å². The summed E-state index contributed by atoms with van der Waals surface area (Å²) in [5.41, 5.74) is -0.830. The molecule has 0 saturated carbocycles. The summed E-state index contributed by atoms with van der Waals surface area (Å²) in [6.45, 7) is 5.84. The SMILES string of the molecule is CCC(C#N)(CC)C(=O)NC1CCN(C)CC1. The highest BCUT2D eigenvalue weighted by Gasteiger charge is 2.36. The number of carbonyl (C=O) groups excluding carboxylic acids is 1. The number of likely N-dealkylation sites (tertiary alicyclic amines) is 1. The van der Waals surface area contributed by atoms with Crippen molar-refractivity contribution < 1.29 is 4.79 Å². The number of amides is 1. The van der Waals surface area contributed by atoms with Crippen molar-refractivity contribution in [3.63, 3.8) is 0 Å². The first-order chi connectivity index (χ1) is 8.07. The molecule has 1 saturated heterocycles. The molecule has 96 valence electrons. The zero-order chi connectivity index (χ0) is 12.9. The molecule has 0 aliphatic carbocycles. The third kappa shape index (κ3) is 3.19. The lowest BCUT2D eigenvalue weighted by Crippen LogP contribution is -2.48. The second-order valence-electron chi connectivity index (χ2n) is 4.95. The highest BCUT2D eigenvalue weighted by Crippen LogP contribution is 2.26. The second-order valence-corrected chi connectivity index (χ2v) is 4.95. The Labute approximate surface area is 104 Å². The largest absolute Gasteiger partial charge is 0.352 e. The van der Waals surface area contributed by atoms with Gasteiger partial charge in [0, 0.05) is 6.04 Å². The molecule has 4 nitrogen and oxygen atoms in total. The first kappa shape index (κ1) is 14.0. The Morgan fingerprint density at radius 1 is 1.41 bits per heavy atom. The van der Waals surface area contributed by atoms with Crippen molar-refractivity contribution >= 4 is 5.91 Å². The van der Waals surface area contributed by atoms with Gasteiger partial charge in [0.1, 0.15) is 5.41 Å². The molecule has 17 heavy (non-hydrogen) atoms. The molecule has 0 unspecified atom stereocenters. The Bertz CT molecular complexity index is 296. The van der Waals surface area contributed by atoms with Gasteiger partial charge in [0.05, 0.1) is 6.07 Å². The van der Waals surface area contributed by atoms with Gasteiger partial charge in [0.2, 0.25) is 5.91 Å². The summed E-state index contributed by atoms with van der Waals surface area (Å²) in [4.78, 5) is 14.4. The van der Waals surface area contributed by atoms with E-state index >= 15 is 0 Å². The number of rotatable bonds is 4. The van der Waals surface area contributed by atoms with Crippen LogP contribution < -0.4 is 5.32 Å². The maximum atomic E-state index is 12.2. The summed E-state index contributed by atoms with van der Waals surface area (Å²) in [6, 6.07) is 2.43. The average Bonchev–Trinajstić information content (AvgIpc) is 2.35. The van der Waals surface area contributed by atoms with Gasteiger partial charge in [-0.15, -0.1) is 0 Å². The third-order valence-corrected chi connectivity index (χ3v) is 3.91. The molecule has 0 aromatic carbocycles. The van der Waals surface area contributed by atoms with Crippen LogP contribution in [-0.2, 0) is 4.79 Å². The molecule has 0 bridgehead atoms. The molecule has 1 aliphatic rings. The molecule has 0 spiro atoms. The van der Waals surface area contributed by atoms with E-state index in [-0.39, 0.29) is 11.9 Å². The topological polar surface area (TPSA) is 56.1 Å². The van der Waals surface area contributed by atoms with E-state index in [9.17, 15) is 10.1 Å². The highest BCUT2D eigenvalue weighted by molar-refractivity contribution is 5.85. The summed E-state index contributed by atoms with van der Waals surface area (Å²) in [5.74, 6) is -0.0837. The van der Waals surface area contributed by atoms with Crippen LogP contribution in [-0.4, -0.2) is 37.0 Å². The van der Waals surface area contributed by atoms with Gasteiger partial charge in [0.25, 0.3) is 0 Å². The fourth-order valence-electron chi connectivity index (χ4n) is 2.26. The van der Waals surface area contributed by atoms with Crippen LogP contribution in [0.4, 0.5) is 0 Å². The van der Waals surface area contributed by atoms with Crippen molar-refractivity contribution in [3.8, 4) is 6.07 Å². The first-order valence-corrected chi connectivity index (χ1v) is 6.48. The summed E-state index contributed by atoms with van der Waals surface area (Å²) in [5, 5.41) is 12.2. The number of piperidine rings is 1. The molecule has 0 aromatic heterocycles. The maximum Gasteiger partial charge on any atom is 0.240 e. The van der Waals surface area contributed by atoms with Crippen molar-refractivity contribution in [1.82, 2.24) is 10.2 Å². The van der Waals surface area contributed by atoms with Crippen molar-refractivity contribution in [2.75, 3.05) is 20.1 Å². The molecular weight excluding hydrogens is 214 g/mol. The van der Waals surface area contributed by atoms with Gasteiger partial charge >= 0.3 is 0 Å². The van der Waals surface area contributed by atoms with Crippen molar-refractivity contribution in [1.29, 1.82) is 5.26 Å². The standard InChI is InChI=1S/C13H23N3O/c1-4-13(5-2,10-14)12(17)15-11-6-8-16(3)9-7-11/h11H,4-9H2,1-3H3,(H,15,17). The van der Waals surface area contributed by atoms with E-state index < -0.39 is 5.41 Å². The zero-order valence-corrected chi connectivity index (χ0v) is 11.1.